The van der Waals surface area contributed by atoms with Gasteiger partial charge in [-0.15, -0.1) is 0 Å². The molecule has 19 heavy (non-hydrogen) atoms. The van der Waals surface area contributed by atoms with Gasteiger partial charge in [-0.1, -0.05) is 25.5 Å². The van der Waals surface area contributed by atoms with Gasteiger partial charge in [0, 0.05) is 18.2 Å². The molecule has 0 bridgehead atoms. The molecular formula is C15H19N3O. The van der Waals surface area contributed by atoms with E-state index >= 15 is 0 Å². The zero-order valence-corrected chi connectivity index (χ0v) is 11.4. The Balaban J connectivity index is 2.09. The van der Waals surface area contributed by atoms with Crippen LogP contribution in [0.15, 0.2) is 18.2 Å². The molecule has 0 atom stereocenters. The lowest BCUT2D eigenvalue weighted by molar-refractivity contribution is 0.134. The molecule has 0 fully saturated rings. The van der Waals surface area contributed by atoms with E-state index in [0.717, 1.165) is 42.1 Å². The molecule has 3 rings (SSSR count). The zero-order valence-electron chi connectivity index (χ0n) is 11.4. The second-order valence-electron chi connectivity index (χ2n) is 5.06. The van der Waals surface area contributed by atoms with Gasteiger partial charge in [-0.2, -0.15) is 5.10 Å². The molecule has 2 aromatic rings. The Hall–Kier alpha value is -1.81. The lowest BCUT2D eigenvalue weighted by atomic mass is 10.0. The van der Waals surface area contributed by atoms with Crippen LogP contribution in [0.4, 0.5) is 5.82 Å². The van der Waals surface area contributed by atoms with Gasteiger partial charge in [0.1, 0.15) is 5.82 Å². The Morgan fingerprint density at radius 2 is 2.11 bits per heavy atom. The molecule has 1 aliphatic heterocycles. The van der Waals surface area contributed by atoms with E-state index in [9.17, 15) is 0 Å². The van der Waals surface area contributed by atoms with Crippen LogP contribution in [0.3, 0.4) is 0 Å². The van der Waals surface area contributed by atoms with E-state index in [-0.39, 0.29) is 0 Å². The molecule has 1 aromatic carbocycles. The minimum Gasteiger partial charge on any atom is -0.384 e. The highest BCUT2D eigenvalue weighted by molar-refractivity contribution is 5.69. The number of fused-ring (bicyclic) bond motifs is 1. The van der Waals surface area contributed by atoms with Gasteiger partial charge in [0.15, 0.2) is 0 Å². The normalized spacial score (nSPS) is 13.8. The average Bonchev–Trinajstić information content (AvgIpc) is 2.98. The SMILES string of the molecule is CCCc1c(-c2ccc3c(c2)COC3)nn(C)c1N. The number of rotatable bonds is 3. The fourth-order valence-electron chi connectivity index (χ4n) is 2.63. The molecule has 0 spiro atoms. The minimum absolute atomic E-state index is 0.703. The summed E-state index contributed by atoms with van der Waals surface area (Å²) < 4.78 is 7.23. The maximum Gasteiger partial charge on any atom is 0.125 e. The van der Waals surface area contributed by atoms with Gasteiger partial charge in [-0.3, -0.25) is 4.68 Å². The van der Waals surface area contributed by atoms with Gasteiger partial charge in [-0.05, 0) is 23.6 Å². The van der Waals surface area contributed by atoms with Crippen LogP contribution in [-0.4, -0.2) is 9.78 Å². The largest absolute Gasteiger partial charge is 0.384 e. The summed E-state index contributed by atoms with van der Waals surface area (Å²) >= 11 is 0. The molecule has 2 heterocycles. The highest BCUT2D eigenvalue weighted by Crippen LogP contribution is 2.31. The predicted octanol–water partition coefficient (Wildman–Crippen LogP) is 2.65. The number of anilines is 1. The van der Waals surface area contributed by atoms with Crippen LogP contribution < -0.4 is 5.73 Å². The second-order valence-corrected chi connectivity index (χ2v) is 5.06. The Morgan fingerprint density at radius 3 is 2.89 bits per heavy atom. The summed E-state index contributed by atoms with van der Waals surface area (Å²) in [5.41, 5.74) is 12.0. The molecule has 0 saturated heterocycles. The van der Waals surface area contributed by atoms with Crippen molar-refractivity contribution < 1.29 is 4.74 Å². The Morgan fingerprint density at radius 1 is 1.32 bits per heavy atom. The molecule has 100 valence electrons. The summed E-state index contributed by atoms with van der Waals surface area (Å²) in [4.78, 5) is 0. The van der Waals surface area contributed by atoms with Crippen molar-refractivity contribution in [2.75, 3.05) is 5.73 Å². The van der Waals surface area contributed by atoms with Crippen LogP contribution in [0, 0.1) is 0 Å². The molecule has 2 N–H and O–H groups in total. The lowest BCUT2D eigenvalue weighted by Gasteiger charge is -2.04. The lowest BCUT2D eigenvalue weighted by Crippen LogP contribution is -1.99. The summed E-state index contributed by atoms with van der Waals surface area (Å²) in [6, 6.07) is 6.44. The van der Waals surface area contributed by atoms with Gasteiger partial charge in [0.05, 0.1) is 18.9 Å². The molecule has 0 radical (unpaired) electrons. The summed E-state index contributed by atoms with van der Waals surface area (Å²) in [6.07, 6.45) is 2.03. The highest BCUT2D eigenvalue weighted by atomic mass is 16.5. The summed E-state index contributed by atoms with van der Waals surface area (Å²) in [7, 11) is 1.90. The van der Waals surface area contributed by atoms with Crippen LogP contribution in [0.1, 0.15) is 30.0 Å². The maximum absolute atomic E-state index is 6.12. The van der Waals surface area contributed by atoms with E-state index in [0.29, 0.717) is 6.61 Å². The topological polar surface area (TPSA) is 53.1 Å². The van der Waals surface area contributed by atoms with Gasteiger partial charge in [-0.25, -0.2) is 0 Å². The van der Waals surface area contributed by atoms with E-state index in [1.807, 2.05) is 7.05 Å². The molecule has 0 aliphatic carbocycles. The van der Waals surface area contributed by atoms with Gasteiger partial charge in [0.2, 0.25) is 0 Å². The maximum atomic E-state index is 6.12. The average molecular weight is 257 g/mol. The van der Waals surface area contributed by atoms with Gasteiger partial charge >= 0.3 is 0 Å². The Labute approximate surface area is 113 Å². The van der Waals surface area contributed by atoms with E-state index in [1.165, 1.54) is 11.1 Å². The van der Waals surface area contributed by atoms with Crippen molar-refractivity contribution in [1.29, 1.82) is 0 Å². The predicted molar refractivity (Wildman–Crippen MR) is 75.5 cm³/mol. The first-order valence-electron chi connectivity index (χ1n) is 6.72. The number of hydrogen-bond donors (Lipinski definition) is 1. The van der Waals surface area contributed by atoms with Crippen molar-refractivity contribution in [3.8, 4) is 11.3 Å². The number of nitrogens with zero attached hydrogens (tertiary/aromatic N) is 2. The first-order valence-corrected chi connectivity index (χ1v) is 6.72. The highest BCUT2D eigenvalue weighted by Gasteiger charge is 2.17. The van der Waals surface area contributed by atoms with E-state index < -0.39 is 0 Å². The van der Waals surface area contributed by atoms with E-state index in [4.69, 9.17) is 10.5 Å². The van der Waals surface area contributed by atoms with Crippen molar-refractivity contribution in [2.24, 2.45) is 7.05 Å². The molecular weight excluding hydrogens is 238 g/mol. The number of nitrogen functional groups attached to an aromatic ring is 1. The smallest absolute Gasteiger partial charge is 0.125 e. The first-order chi connectivity index (χ1) is 9.20. The second kappa shape index (κ2) is 4.70. The van der Waals surface area contributed by atoms with Crippen LogP contribution in [0.25, 0.3) is 11.3 Å². The van der Waals surface area contributed by atoms with E-state index in [2.05, 4.69) is 30.2 Å². The number of benzene rings is 1. The van der Waals surface area contributed by atoms with Crippen LogP contribution in [-0.2, 0) is 31.4 Å². The fraction of sp³-hybridized carbons (Fsp3) is 0.400. The van der Waals surface area contributed by atoms with Crippen LogP contribution in [0.2, 0.25) is 0 Å². The fourth-order valence-corrected chi connectivity index (χ4v) is 2.63. The molecule has 0 amide bonds. The van der Waals surface area contributed by atoms with Gasteiger partial charge < -0.3 is 10.5 Å². The molecule has 1 aliphatic rings. The molecule has 0 unspecified atom stereocenters. The molecule has 1 aromatic heterocycles. The quantitative estimate of drug-likeness (QED) is 0.919. The van der Waals surface area contributed by atoms with E-state index in [1.54, 1.807) is 4.68 Å². The number of nitrogens with two attached hydrogens (primary N) is 1. The Kier molecular flexibility index (Phi) is 3.03. The standard InChI is InChI=1S/C15H19N3O/c1-3-4-13-14(17-18(2)15(13)16)10-5-6-11-8-19-9-12(11)7-10/h5-7H,3-4,8-9,16H2,1-2H3. The minimum atomic E-state index is 0.703. The van der Waals surface area contributed by atoms with Crippen molar-refractivity contribution in [1.82, 2.24) is 9.78 Å². The molecule has 4 nitrogen and oxygen atoms in total. The summed E-state index contributed by atoms with van der Waals surface area (Å²) in [5, 5.41) is 4.58. The number of aromatic nitrogens is 2. The molecule has 4 heteroatoms. The first kappa shape index (κ1) is 12.2. The van der Waals surface area contributed by atoms with Crippen molar-refractivity contribution in [2.45, 2.75) is 33.0 Å². The monoisotopic (exact) mass is 257 g/mol. The third-order valence-corrected chi connectivity index (χ3v) is 3.69. The summed E-state index contributed by atoms with van der Waals surface area (Å²) in [5.74, 6) is 0.772. The Bertz CT molecular complexity index is 616. The number of ether oxygens (including phenoxy) is 1. The van der Waals surface area contributed by atoms with Gasteiger partial charge in [0.25, 0.3) is 0 Å². The van der Waals surface area contributed by atoms with Crippen LogP contribution in [0.5, 0.6) is 0 Å². The number of aryl methyl sites for hydroxylation is 1. The number of hydrogen-bond acceptors (Lipinski definition) is 3. The van der Waals surface area contributed by atoms with Crippen molar-refractivity contribution in [3.63, 3.8) is 0 Å². The van der Waals surface area contributed by atoms with Crippen molar-refractivity contribution in [3.05, 3.63) is 34.9 Å². The third kappa shape index (κ3) is 2.02. The third-order valence-electron chi connectivity index (χ3n) is 3.69. The molecule has 0 saturated carbocycles. The zero-order chi connectivity index (χ0) is 13.4. The van der Waals surface area contributed by atoms with Crippen LogP contribution >= 0.6 is 0 Å². The summed E-state index contributed by atoms with van der Waals surface area (Å²) in [6.45, 7) is 3.59. The van der Waals surface area contributed by atoms with Crippen molar-refractivity contribution >= 4 is 5.82 Å².